The molecule has 0 heterocycles. The first kappa shape index (κ1) is 14.0. The number of benzene rings is 2. The summed E-state index contributed by atoms with van der Waals surface area (Å²) in [5.74, 6) is 0.561. The Kier molecular flexibility index (Phi) is 5.37. The van der Waals surface area contributed by atoms with Crippen LogP contribution in [0.5, 0.6) is 5.75 Å². The molecule has 1 N–H and O–H groups in total. The van der Waals surface area contributed by atoms with Gasteiger partial charge in [0.05, 0.1) is 16.7 Å². The van der Waals surface area contributed by atoms with Crippen molar-refractivity contribution in [2.24, 2.45) is 0 Å². The van der Waals surface area contributed by atoms with Crippen LogP contribution in [0.25, 0.3) is 0 Å². The van der Waals surface area contributed by atoms with Crippen molar-refractivity contribution >= 4 is 28.9 Å². The van der Waals surface area contributed by atoms with Crippen molar-refractivity contribution in [3.63, 3.8) is 0 Å². The fourth-order valence-corrected chi connectivity index (χ4v) is 2.16. The predicted molar refractivity (Wildman–Crippen MR) is 81.5 cm³/mol. The summed E-state index contributed by atoms with van der Waals surface area (Å²) in [6, 6.07) is 15.4. The van der Waals surface area contributed by atoms with Gasteiger partial charge >= 0.3 is 0 Å². The van der Waals surface area contributed by atoms with Gasteiger partial charge in [0.2, 0.25) is 0 Å². The summed E-state index contributed by atoms with van der Waals surface area (Å²) in [7, 11) is 0. The van der Waals surface area contributed by atoms with Gasteiger partial charge in [-0.2, -0.15) is 0 Å². The second-order valence-electron chi connectivity index (χ2n) is 4.05. The summed E-state index contributed by atoms with van der Waals surface area (Å²) < 4.78 is 5.60. The van der Waals surface area contributed by atoms with Gasteiger partial charge in [0.15, 0.2) is 5.75 Å². The molecule has 0 aliphatic heterocycles. The van der Waals surface area contributed by atoms with Crippen LogP contribution < -0.4 is 10.1 Å². The van der Waals surface area contributed by atoms with E-state index in [9.17, 15) is 0 Å². The molecule has 0 aliphatic rings. The highest BCUT2D eigenvalue weighted by molar-refractivity contribution is 6.37. The molecule has 0 aliphatic carbocycles. The average Bonchev–Trinajstić information content (AvgIpc) is 2.42. The lowest BCUT2D eigenvalue weighted by Crippen LogP contribution is -2.07. The monoisotopic (exact) mass is 295 g/mol. The van der Waals surface area contributed by atoms with Gasteiger partial charge in [-0.1, -0.05) is 47.5 Å². The number of halogens is 2. The number of para-hydroxylation sites is 2. The van der Waals surface area contributed by atoms with Gasteiger partial charge in [-0.15, -0.1) is 0 Å². The maximum Gasteiger partial charge on any atom is 0.156 e. The first-order valence-electron chi connectivity index (χ1n) is 6.13. The van der Waals surface area contributed by atoms with Crippen LogP contribution >= 0.6 is 23.2 Å². The molecule has 0 aromatic heterocycles. The minimum absolute atomic E-state index is 0.545. The molecule has 2 rings (SSSR count). The van der Waals surface area contributed by atoms with Crippen molar-refractivity contribution < 1.29 is 4.74 Å². The van der Waals surface area contributed by atoms with Crippen LogP contribution in [0.1, 0.15) is 6.42 Å². The lowest BCUT2D eigenvalue weighted by atomic mass is 10.3. The molecular formula is C15H15Cl2NO. The zero-order chi connectivity index (χ0) is 13.5. The second-order valence-corrected chi connectivity index (χ2v) is 4.86. The van der Waals surface area contributed by atoms with Crippen LogP contribution in [-0.4, -0.2) is 13.2 Å². The van der Waals surface area contributed by atoms with E-state index in [4.69, 9.17) is 27.9 Å². The molecular weight excluding hydrogens is 281 g/mol. The van der Waals surface area contributed by atoms with E-state index in [1.165, 1.54) is 0 Å². The molecule has 0 bridgehead atoms. The zero-order valence-corrected chi connectivity index (χ0v) is 11.9. The van der Waals surface area contributed by atoms with Gasteiger partial charge in [0.25, 0.3) is 0 Å². The van der Waals surface area contributed by atoms with E-state index in [2.05, 4.69) is 5.32 Å². The summed E-state index contributed by atoms with van der Waals surface area (Å²) in [6.45, 7) is 1.41. The van der Waals surface area contributed by atoms with Gasteiger partial charge in [-0.25, -0.2) is 0 Å². The average molecular weight is 296 g/mol. The molecule has 0 saturated carbocycles. The van der Waals surface area contributed by atoms with E-state index < -0.39 is 0 Å². The summed E-state index contributed by atoms with van der Waals surface area (Å²) in [6.07, 6.45) is 0.871. The predicted octanol–water partition coefficient (Wildman–Crippen LogP) is 4.87. The van der Waals surface area contributed by atoms with E-state index >= 15 is 0 Å². The van der Waals surface area contributed by atoms with Gasteiger partial charge in [0, 0.05) is 12.2 Å². The highest BCUT2D eigenvalue weighted by Gasteiger charge is 2.05. The molecule has 0 amide bonds. The maximum absolute atomic E-state index is 6.01. The third-order valence-electron chi connectivity index (χ3n) is 2.59. The SMILES string of the molecule is Clc1cccc(Cl)c1OCCCNc1ccccc1. The Balaban J connectivity index is 1.73. The zero-order valence-electron chi connectivity index (χ0n) is 10.4. The van der Waals surface area contributed by atoms with Crippen molar-refractivity contribution in [2.45, 2.75) is 6.42 Å². The van der Waals surface area contributed by atoms with Crippen molar-refractivity contribution in [2.75, 3.05) is 18.5 Å². The summed E-state index contributed by atoms with van der Waals surface area (Å²) >= 11 is 12.0. The molecule has 0 fully saturated rings. The van der Waals surface area contributed by atoms with E-state index in [1.807, 2.05) is 30.3 Å². The van der Waals surface area contributed by atoms with Crippen molar-refractivity contribution in [1.82, 2.24) is 0 Å². The topological polar surface area (TPSA) is 21.3 Å². The Morgan fingerprint density at radius 3 is 2.26 bits per heavy atom. The Morgan fingerprint density at radius 1 is 0.895 bits per heavy atom. The minimum atomic E-state index is 0.545. The third-order valence-corrected chi connectivity index (χ3v) is 3.18. The molecule has 0 unspecified atom stereocenters. The van der Waals surface area contributed by atoms with Gasteiger partial charge in [-0.3, -0.25) is 0 Å². The molecule has 2 aromatic rings. The number of ether oxygens (including phenoxy) is 1. The van der Waals surface area contributed by atoms with E-state index in [1.54, 1.807) is 18.2 Å². The van der Waals surface area contributed by atoms with Gasteiger partial charge in [0.1, 0.15) is 0 Å². The number of hydrogen-bond acceptors (Lipinski definition) is 2. The molecule has 19 heavy (non-hydrogen) atoms. The molecule has 0 radical (unpaired) electrons. The Morgan fingerprint density at radius 2 is 1.58 bits per heavy atom. The first-order valence-corrected chi connectivity index (χ1v) is 6.88. The lowest BCUT2D eigenvalue weighted by Gasteiger charge is -2.10. The molecule has 0 atom stereocenters. The molecule has 0 saturated heterocycles. The van der Waals surface area contributed by atoms with Crippen LogP contribution in [-0.2, 0) is 0 Å². The van der Waals surface area contributed by atoms with Crippen LogP contribution in [0, 0.1) is 0 Å². The summed E-state index contributed by atoms with van der Waals surface area (Å²) in [5, 5.41) is 4.40. The lowest BCUT2D eigenvalue weighted by molar-refractivity contribution is 0.315. The van der Waals surface area contributed by atoms with E-state index in [0.717, 1.165) is 18.7 Å². The van der Waals surface area contributed by atoms with Gasteiger partial charge in [-0.05, 0) is 30.7 Å². The molecule has 2 aromatic carbocycles. The number of anilines is 1. The first-order chi connectivity index (χ1) is 9.27. The molecule has 2 nitrogen and oxygen atoms in total. The Hall–Kier alpha value is -1.38. The standard InChI is InChI=1S/C15H15Cl2NO/c16-13-8-4-9-14(17)15(13)19-11-5-10-18-12-6-2-1-3-7-12/h1-4,6-9,18H,5,10-11H2. The number of nitrogens with one attached hydrogen (secondary N) is 1. The van der Waals surface area contributed by atoms with Crippen molar-refractivity contribution in [3.8, 4) is 5.75 Å². The van der Waals surface area contributed by atoms with Gasteiger partial charge < -0.3 is 10.1 Å². The highest BCUT2D eigenvalue weighted by Crippen LogP contribution is 2.32. The Bertz CT molecular complexity index is 497. The van der Waals surface area contributed by atoms with E-state index in [-0.39, 0.29) is 0 Å². The number of hydrogen-bond donors (Lipinski definition) is 1. The minimum Gasteiger partial charge on any atom is -0.490 e. The maximum atomic E-state index is 6.01. The molecule has 100 valence electrons. The van der Waals surface area contributed by atoms with Crippen LogP contribution in [0.3, 0.4) is 0 Å². The highest BCUT2D eigenvalue weighted by atomic mass is 35.5. The largest absolute Gasteiger partial charge is 0.490 e. The van der Waals surface area contributed by atoms with Crippen molar-refractivity contribution in [3.05, 3.63) is 58.6 Å². The third kappa shape index (κ3) is 4.34. The summed E-state index contributed by atoms with van der Waals surface area (Å²) in [5.41, 5.74) is 1.11. The smallest absolute Gasteiger partial charge is 0.156 e. The quantitative estimate of drug-likeness (QED) is 0.767. The summed E-state index contributed by atoms with van der Waals surface area (Å²) in [4.78, 5) is 0. The number of rotatable bonds is 6. The van der Waals surface area contributed by atoms with Crippen LogP contribution in [0.2, 0.25) is 10.0 Å². The normalized spacial score (nSPS) is 10.2. The molecule has 4 heteroatoms. The van der Waals surface area contributed by atoms with Crippen LogP contribution in [0.15, 0.2) is 48.5 Å². The van der Waals surface area contributed by atoms with Crippen molar-refractivity contribution in [1.29, 1.82) is 0 Å². The van der Waals surface area contributed by atoms with Crippen LogP contribution in [0.4, 0.5) is 5.69 Å². The van der Waals surface area contributed by atoms with E-state index in [0.29, 0.717) is 22.4 Å². The fraction of sp³-hybridized carbons (Fsp3) is 0.200. The second kappa shape index (κ2) is 7.27. The molecule has 0 spiro atoms. The fourth-order valence-electron chi connectivity index (χ4n) is 1.66. The Labute approximate surface area is 123 Å².